The summed E-state index contributed by atoms with van der Waals surface area (Å²) < 4.78 is 0.936. The lowest BCUT2D eigenvalue weighted by Crippen LogP contribution is -2.26. The molecule has 1 atom stereocenters. The molecule has 2 aromatic heterocycles. The van der Waals surface area contributed by atoms with E-state index in [-0.39, 0.29) is 0 Å². The van der Waals surface area contributed by atoms with E-state index in [4.69, 9.17) is 11.6 Å². The van der Waals surface area contributed by atoms with Gasteiger partial charge in [-0.25, -0.2) is 0 Å². The molecular weight excluding hydrogens is 326 g/mol. The molecule has 5 heteroatoms. The molecule has 0 bridgehead atoms. The first kappa shape index (κ1) is 14.5. The molecule has 0 spiro atoms. The van der Waals surface area contributed by atoms with Crippen LogP contribution in [0.5, 0.6) is 0 Å². The number of fused-ring (bicyclic) bond motifs is 1. The fourth-order valence-electron chi connectivity index (χ4n) is 2.01. The largest absolute Gasteiger partial charge is 0.380 e. The summed E-state index contributed by atoms with van der Waals surface area (Å²) in [6.45, 7) is 4.38. The van der Waals surface area contributed by atoms with Gasteiger partial charge in [-0.05, 0) is 40.4 Å². The summed E-state index contributed by atoms with van der Waals surface area (Å²) in [5, 5.41) is 3.54. The predicted octanol–water partition coefficient (Wildman–Crippen LogP) is 4.46. The van der Waals surface area contributed by atoms with E-state index in [2.05, 4.69) is 45.1 Å². The molecular formula is C14H17BrClN3. The van der Waals surface area contributed by atoms with E-state index in [9.17, 15) is 0 Å². The number of hydrogen-bond donors (Lipinski definition) is 1. The van der Waals surface area contributed by atoms with E-state index >= 15 is 0 Å². The van der Waals surface area contributed by atoms with Gasteiger partial charge in [0.15, 0.2) is 0 Å². The number of nitrogens with one attached hydrogen (secondary N) is 1. The van der Waals surface area contributed by atoms with Gasteiger partial charge in [0.25, 0.3) is 0 Å². The minimum Gasteiger partial charge on any atom is -0.380 e. The van der Waals surface area contributed by atoms with Gasteiger partial charge in [0, 0.05) is 28.8 Å². The van der Waals surface area contributed by atoms with Crippen LogP contribution in [0.3, 0.4) is 0 Å². The Labute approximate surface area is 126 Å². The lowest BCUT2D eigenvalue weighted by atomic mass is 10.0. The van der Waals surface area contributed by atoms with E-state index in [1.807, 2.05) is 12.1 Å². The zero-order valence-electron chi connectivity index (χ0n) is 11.0. The van der Waals surface area contributed by atoms with Gasteiger partial charge < -0.3 is 5.32 Å². The molecule has 3 nitrogen and oxygen atoms in total. The molecule has 0 amide bonds. The fourth-order valence-corrected chi connectivity index (χ4v) is 2.57. The van der Waals surface area contributed by atoms with Crippen molar-refractivity contribution in [3.63, 3.8) is 0 Å². The highest BCUT2D eigenvalue weighted by atomic mass is 79.9. The zero-order chi connectivity index (χ0) is 13.8. The summed E-state index contributed by atoms with van der Waals surface area (Å²) in [5.41, 5.74) is 2.79. The molecule has 102 valence electrons. The van der Waals surface area contributed by atoms with Crippen LogP contribution in [0.25, 0.3) is 11.0 Å². The first-order valence-electron chi connectivity index (χ1n) is 6.34. The van der Waals surface area contributed by atoms with Crippen LogP contribution in [-0.4, -0.2) is 21.9 Å². The summed E-state index contributed by atoms with van der Waals surface area (Å²) in [4.78, 5) is 8.79. The number of halogens is 2. The van der Waals surface area contributed by atoms with Crippen LogP contribution in [0.2, 0.25) is 0 Å². The van der Waals surface area contributed by atoms with Crippen LogP contribution in [0.15, 0.2) is 29.0 Å². The Bertz CT molecular complexity index is 559. The Kier molecular flexibility index (Phi) is 4.99. The normalized spacial score (nSPS) is 12.9. The van der Waals surface area contributed by atoms with E-state index < -0.39 is 0 Å². The smallest absolute Gasteiger partial charge is 0.112 e. The minimum atomic E-state index is 0.341. The maximum Gasteiger partial charge on any atom is 0.112 e. The van der Waals surface area contributed by atoms with Crippen molar-refractivity contribution in [1.29, 1.82) is 0 Å². The van der Waals surface area contributed by atoms with Gasteiger partial charge in [0.05, 0.1) is 11.2 Å². The molecule has 1 N–H and O–H groups in total. The van der Waals surface area contributed by atoms with Gasteiger partial charge in [0.2, 0.25) is 0 Å². The molecule has 2 heterocycles. The van der Waals surface area contributed by atoms with E-state index in [0.717, 1.165) is 27.6 Å². The second-order valence-corrected chi connectivity index (χ2v) is 6.15. The van der Waals surface area contributed by atoms with Gasteiger partial charge in [-0.2, -0.15) is 0 Å². The van der Waals surface area contributed by atoms with Crippen molar-refractivity contribution in [2.75, 3.05) is 11.2 Å². The number of anilines is 1. The first-order valence-corrected chi connectivity index (χ1v) is 7.67. The average molecular weight is 343 g/mol. The second kappa shape index (κ2) is 6.53. The Morgan fingerprint density at radius 3 is 2.84 bits per heavy atom. The van der Waals surface area contributed by atoms with E-state index in [0.29, 0.717) is 17.8 Å². The minimum absolute atomic E-state index is 0.341. The summed E-state index contributed by atoms with van der Waals surface area (Å²) in [7, 11) is 0. The van der Waals surface area contributed by atoms with Crippen molar-refractivity contribution in [1.82, 2.24) is 9.97 Å². The van der Waals surface area contributed by atoms with Crippen molar-refractivity contribution in [3.05, 3.63) is 29.0 Å². The SMILES string of the molecule is CC(C)C(CCCl)Nc1ccnc2cc(Br)cnc12. The van der Waals surface area contributed by atoms with Crippen LogP contribution < -0.4 is 5.32 Å². The third-order valence-electron chi connectivity index (χ3n) is 3.11. The molecule has 0 saturated heterocycles. The van der Waals surface area contributed by atoms with E-state index in [1.54, 1.807) is 12.4 Å². The maximum atomic E-state index is 5.87. The van der Waals surface area contributed by atoms with Crippen molar-refractivity contribution >= 4 is 44.3 Å². The molecule has 0 aliphatic rings. The number of aromatic nitrogens is 2. The predicted molar refractivity (Wildman–Crippen MR) is 84.8 cm³/mol. The lowest BCUT2D eigenvalue weighted by Gasteiger charge is -2.23. The number of rotatable bonds is 5. The number of nitrogens with zero attached hydrogens (tertiary/aromatic N) is 2. The third kappa shape index (κ3) is 3.57. The maximum absolute atomic E-state index is 5.87. The fraction of sp³-hybridized carbons (Fsp3) is 0.429. The van der Waals surface area contributed by atoms with Crippen LogP contribution in [0.1, 0.15) is 20.3 Å². The summed E-state index contributed by atoms with van der Waals surface area (Å²) in [6, 6.07) is 4.28. The topological polar surface area (TPSA) is 37.8 Å². The summed E-state index contributed by atoms with van der Waals surface area (Å²) in [6.07, 6.45) is 4.53. The molecule has 0 radical (unpaired) electrons. The summed E-state index contributed by atoms with van der Waals surface area (Å²) >= 11 is 9.29. The van der Waals surface area contributed by atoms with E-state index in [1.165, 1.54) is 0 Å². The third-order valence-corrected chi connectivity index (χ3v) is 3.76. The lowest BCUT2D eigenvalue weighted by molar-refractivity contribution is 0.513. The van der Waals surface area contributed by atoms with Crippen LogP contribution in [0, 0.1) is 5.92 Å². The van der Waals surface area contributed by atoms with Crippen molar-refractivity contribution < 1.29 is 0 Å². The molecule has 2 rings (SSSR count). The molecule has 0 aliphatic carbocycles. The Morgan fingerprint density at radius 1 is 1.37 bits per heavy atom. The van der Waals surface area contributed by atoms with Crippen molar-refractivity contribution in [2.45, 2.75) is 26.3 Å². The highest BCUT2D eigenvalue weighted by Crippen LogP contribution is 2.24. The van der Waals surface area contributed by atoms with Gasteiger partial charge in [-0.1, -0.05) is 13.8 Å². The number of alkyl halides is 1. The standard InChI is InChI=1S/C14H17BrClN3/c1-9(2)11(3-5-16)19-12-4-6-17-13-7-10(15)8-18-14(12)13/h4,6-9,11H,3,5H2,1-2H3,(H,17,19). The Morgan fingerprint density at radius 2 is 2.16 bits per heavy atom. The van der Waals surface area contributed by atoms with Gasteiger partial charge in [-0.3, -0.25) is 9.97 Å². The first-order chi connectivity index (χ1) is 9.11. The molecule has 19 heavy (non-hydrogen) atoms. The van der Waals surface area contributed by atoms with Gasteiger partial charge in [-0.15, -0.1) is 11.6 Å². The Balaban J connectivity index is 2.34. The molecule has 2 aromatic rings. The average Bonchev–Trinajstić information content (AvgIpc) is 2.37. The second-order valence-electron chi connectivity index (χ2n) is 4.85. The summed E-state index contributed by atoms with van der Waals surface area (Å²) in [5.74, 6) is 1.16. The van der Waals surface area contributed by atoms with Gasteiger partial charge in [0.1, 0.15) is 5.52 Å². The highest BCUT2D eigenvalue weighted by molar-refractivity contribution is 9.10. The number of pyridine rings is 2. The molecule has 0 aromatic carbocycles. The van der Waals surface area contributed by atoms with Crippen LogP contribution in [-0.2, 0) is 0 Å². The Hall–Kier alpha value is -0.870. The molecule has 0 fully saturated rings. The molecule has 0 saturated carbocycles. The quantitative estimate of drug-likeness (QED) is 0.815. The molecule has 1 unspecified atom stereocenters. The van der Waals surface area contributed by atoms with Crippen molar-refractivity contribution in [2.24, 2.45) is 5.92 Å². The number of hydrogen-bond acceptors (Lipinski definition) is 3. The van der Waals surface area contributed by atoms with Gasteiger partial charge >= 0.3 is 0 Å². The van der Waals surface area contributed by atoms with Crippen molar-refractivity contribution in [3.8, 4) is 0 Å². The zero-order valence-corrected chi connectivity index (χ0v) is 13.4. The highest BCUT2D eigenvalue weighted by Gasteiger charge is 2.14. The van der Waals surface area contributed by atoms with Crippen LogP contribution >= 0.6 is 27.5 Å². The molecule has 0 aliphatic heterocycles. The van der Waals surface area contributed by atoms with Crippen LogP contribution in [0.4, 0.5) is 5.69 Å². The monoisotopic (exact) mass is 341 g/mol.